The lowest BCUT2D eigenvalue weighted by Gasteiger charge is -2.18. The lowest BCUT2D eigenvalue weighted by Crippen LogP contribution is -2.30. The fourth-order valence-corrected chi connectivity index (χ4v) is 4.84. The molecule has 2 rings (SSSR count). The van der Waals surface area contributed by atoms with Crippen molar-refractivity contribution in [3.05, 3.63) is 37.4 Å². The summed E-state index contributed by atoms with van der Waals surface area (Å²) in [6.45, 7) is 12.4. The molecule has 152 valence electrons. The van der Waals surface area contributed by atoms with E-state index >= 15 is 0 Å². The number of ether oxygens (including phenoxy) is 1. The molecule has 6 nitrogen and oxygen atoms in total. The summed E-state index contributed by atoms with van der Waals surface area (Å²) in [5.41, 5.74) is 2.27. The summed E-state index contributed by atoms with van der Waals surface area (Å²) in [4.78, 5) is 41.4. The van der Waals surface area contributed by atoms with Gasteiger partial charge in [0.15, 0.2) is 0 Å². The van der Waals surface area contributed by atoms with Crippen LogP contribution in [0.1, 0.15) is 67.2 Å². The smallest absolute Gasteiger partial charge is 0.341 e. The highest BCUT2D eigenvalue weighted by molar-refractivity contribution is 7.18. The SMILES string of the molecule is CCOC(=O)c1c(NC(=O)c2csc(C)c2C)sc(C(=O)N(CC)CC)c1C. The van der Waals surface area contributed by atoms with Gasteiger partial charge in [-0.3, -0.25) is 9.59 Å². The number of thiophene rings is 2. The van der Waals surface area contributed by atoms with Gasteiger partial charge < -0.3 is 15.0 Å². The summed E-state index contributed by atoms with van der Waals surface area (Å²) >= 11 is 2.62. The van der Waals surface area contributed by atoms with Crippen molar-refractivity contribution in [3.63, 3.8) is 0 Å². The molecule has 0 aliphatic heterocycles. The first-order valence-corrected chi connectivity index (χ1v) is 10.9. The number of hydrogen-bond donors (Lipinski definition) is 1. The number of hydrogen-bond acceptors (Lipinski definition) is 6. The minimum atomic E-state index is -0.539. The van der Waals surface area contributed by atoms with E-state index in [1.165, 1.54) is 11.3 Å². The summed E-state index contributed by atoms with van der Waals surface area (Å²) < 4.78 is 5.16. The molecular formula is C20H26N2O4S2. The fraction of sp³-hybridized carbons (Fsp3) is 0.450. The monoisotopic (exact) mass is 422 g/mol. The van der Waals surface area contributed by atoms with E-state index in [2.05, 4.69) is 5.32 Å². The van der Waals surface area contributed by atoms with Gasteiger partial charge in [-0.2, -0.15) is 0 Å². The van der Waals surface area contributed by atoms with Crippen molar-refractivity contribution in [2.24, 2.45) is 0 Å². The predicted molar refractivity (Wildman–Crippen MR) is 114 cm³/mol. The van der Waals surface area contributed by atoms with Gasteiger partial charge >= 0.3 is 5.97 Å². The Hall–Kier alpha value is -2.19. The van der Waals surface area contributed by atoms with Gasteiger partial charge in [0.05, 0.1) is 22.6 Å². The zero-order valence-corrected chi connectivity index (χ0v) is 18.7. The lowest BCUT2D eigenvalue weighted by molar-refractivity contribution is 0.0527. The molecule has 1 N–H and O–H groups in total. The Morgan fingerprint density at radius 2 is 1.71 bits per heavy atom. The van der Waals surface area contributed by atoms with Crippen molar-refractivity contribution >= 4 is 45.5 Å². The minimum absolute atomic E-state index is 0.152. The average molecular weight is 423 g/mol. The second-order valence-corrected chi connectivity index (χ2v) is 8.35. The van der Waals surface area contributed by atoms with Crippen LogP contribution in [0.15, 0.2) is 5.38 Å². The first-order chi connectivity index (χ1) is 13.3. The summed E-state index contributed by atoms with van der Waals surface area (Å²) in [5, 5.41) is 4.97. The third-order valence-electron chi connectivity index (χ3n) is 4.63. The van der Waals surface area contributed by atoms with E-state index in [9.17, 15) is 14.4 Å². The van der Waals surface area contributed by atoms with E-state index < -0.39 is 5.97 Å². The van der Waals surface area contributed by atoms with Crippen LogP contribution >= 0.6 is 22.7 Å². The molecule has 0 spiro atoms. The first kappa shape index (κ1) is 22.1. The maximum atomic E-state index is 12.9. The lowest BCUT2D eigenvalue weighted by atomic mass is 10.1. The molecule has 0 fully saturated rings. The third-order valence-corrected chi connectivity index (χ3v) is 6.84. The number of nitrogens with zero attached hydrogens (tertiary/aromatic N) is 1. The second-order valence-electron chi connectivity index (χ2n) is 6.24. The Morgan fingerprint density at radius 3 is 2.21 bits per heavy atom. The van der Waals surface area contributed by atoms with Crippen LogP contribution in [-0.4, -0.2) is 42.4 Å². The molecule has 2 aromatic rings. The highest BCUT2D eigenvalue weighted by Crippen LogP contribution is 2.35. The van der Waals surface area contributed by atoms with Gasteiger partial charge in [0.2, 0.25) is 0 Å². The molecule has 0 unspecified atom stereocenters. The Kier molecular flexibility index (Phi) is 7.37. The first-order valence-electron chi connectivity index (χ1n) is 9.22. The van der Waals surface area contributed by atoms with Crippen molar-refractivity contribution in [2.75, 3.05) is 25.0 Å². The summed E-state index contributed by atoms with van der Waals surface area (Å²) in [7, 11) is 0. The number of aryl methyl sites for hydroxylation is 1. The van der Waals surface area contributed by atoms with Crippen LogP contribution in [0.25, 0.3) is 0 Å². The molecule has 28 heavy (non-hydrogen) atoms. The van der Waals surface area contributed by atoms with Crippen molar-refractivity contribution in [1.82, 2.24) is 4.90 Å². The van der Waals surface area contributed by atoms with Crippen molar-refractivity contribution in [3.8, 4) is 0 Å². The van der Waals surface area contributed by atoms with Gasteiger partial charge in [-0.25, -0.2) is 4.79 Å². The van der Waals surface area contributed by atoms with E-state index in [1.807, 2.05) is 27.7 Å². The molecule has 2 heterocycles. The van der Waals surface area contributed by atoms with Crippen LogP contribution in [0.4, 0.5) is 5.00 Å². The Morgan fingerprint density at radius 1 is 1.07 bits per heavy atom. The summed E-state index contributed by atoms with van der Waals surface area (Å²) in [6.07, 6.45) is 0. The predicted octanol–water partition coefficient (Wildman–Crippen LogP) is 4.65. The topological polar surface area (TPSA) is 75.7 Å². The number of carbonyl (C=O) groups is 3. The van der Waals surface area contributed by atoms with Crippen LogP contribution in [-0.2, 0) is 4.74 Å². The highest BCUT2D eigenvalue weighted by atomic mass is 32.1. The number of anilines is 1. The molecule has 0 atom stereocenters. The van der Waals surface area contributed by atoms with Gasteiger partial charge in [0.1, 0.15) is 5.00 Å². The zero-order chi connectivity index (χ0) is 21.0. The molecule has 0 saturated carbocycles. The van der Waals surface area contributed by atoms with Crippen LogP contribution in [0.2, 0.25) is 0 Å². The van der Waals surface area contributed by atoms with Crippen LogP contribution in [0.3, 0.4) is 0 Å². The standard InChI is InChI=1S/C20H26N2O4S2/c1-7-22(8-2)19(24)16-12(5)15(20(25)26-9-3)18(28-16)21-17(23)14-10-27-13(6)11(14)4/h10H,7-9H2,1-6H3,(H,21,23). The van der Waals surface area contributed by atoms with Crippen molar-refractivity contribution in [1.29, 1.82) is 0 Å². The quantitative estimate of drug-likeness (QED) is 0.659. The molecular weight excluding hydrogens is 396 g/mol. The van der Waals surface area contributed by atoms with E-state index in [4.69, 9.17) is 4.74 Å². The van der Waals surface area contributed by atoms with Gasteiger partial charge in [0.25, 0.3) is 11.8 Å². The molecule has 0 radical (unpaired) electrons. The Bertz CT molecular complexity index is 894. The fourth-order valence-electron chi connectivity index (χ4n) is 2.82. The molecule has 0 aliphatic rings. The molecule has 0 bridgehead atoms. The van der Waals surface area contributed by atoms with Gasteiger partial charge in [-0.15, -0.1) is 22.7 Å². The number of esters is 1. The number of rotatable bonds is 7. The van der Waals surface area contributed by atoms with Gasteiger partial charge in [-0.05, 0) is 52.7 Å². The highest BCUT2D eigenvalue weighted by Gasteiger charge is 2.28. The normalized spacial score (nSPS) is 10.6. The van der Waals surface area contributed by atoms with Gasteiger partial charge in [0, 0.05) is 23.3 Å². The third kappa shape index (κ3) is 4.28. The molecule has 8 heteroatoms. The van der Waals surface area contributed by atoms with Crippen LogP contribution in [0, 0.1) is 20.8 Å². The minimum Gasteiger partial charge on any atom is -0.462 e. The zero-order valence-electron chi connectivity index (χ0n) is 17.1. The van der Waals surface area contributed by atoms with E-state index in [1.54, 1.807) is 24.1 Å². The van der Waals surface area contributed by atoms with E-state index in [0.29, 0.717) is 34.1 Å². The Labute approximate surface area is 173 Å². The Balaban J connectivity index is 2.48. The number of amides is 2. The number of carbonyl (C=O) groups excluding carboxylic acids is 3. The molecule has 0 aliphatic carbocycles. The van der Waals surface area contributed by atoms with Crippen LogP contribution in [0.5, 0.6) is 0 Å². The second kappa shape index (κ2) is 9.34. The molecule has 0 saturated heterocycles. The van der Waals surface area contributed by atoms with E-state index in [-0.39, 0.29) is 24.0 Å². The van der Waals surface area contributed by atoms with Crippen molar-refractivity contribution < 1.29 is 19.1 Å². The molecule has 0 aromatic carbocycles. The maximum absolute atomic E-state index is 12.9. The van der Waals surface area contributed by atoms with E-state index in [0.717, 1.165) is 21.8 Å². The maximum Gasteiger partial charge on any atom is 0.341 e. The van der Waals surface area contributed by atoms with Crippen LogP contribution < -0.4 is 5.32 Å². The summed E-state index contributed by atoms with van der Waals surface area (Å²) in [6, 6.07) is 0. The molecule has 2 aromatic heterocycles. The summed E-state index contributed by atoms with van der Waals surface area (Å²) in [5.74, 6) is -0.986. The van der Waals surface area contributed by atoms with Gasteiger partial charge in [-0.1, -0.05) is 0 Å². The largest absolute Gasteiger partial charge is 0.462 e. The average Bonchev–Trinajstić information content (AvgIpc) is 3.15. The van der Waals surface area contributed by atoms with Crippen molar-refractivity contribution in [2.45, 2.75) is 41.5 Å². The number of nitrogens with one attached hydrogen (secondary N) is 1. The molecule has 2 amide bonds.